The quantitative estimate of drug-likeness (QED) is 0.810. The molecule has 1 heterocycles. The molecule has 0 spiro atoms. The highest BCUT2D eigenvalue weighted by molar-refractivity contribution is 6.00. The van der Waals surface area contributed by atoms with Gasteiger partial charge in [0.15, 0.2) is 5.78 Å². The zero-order valence-electron chi connectivity index (χ0n) is 10.8. The van der Waals surface area contributed by atoms with Gasteiger partial charge in [-0.25, -0.2) is 0 Å². The highest BCUT2D eigenvalue weighted by Crippen LogP contribution is 2.33. The average molecular weight is 231 g/mol. The molecule has 2 rings (SSSR count). The van der Waals surface area contributed by atoms with E-state index in [2.05, 4.69) is 12.2 Å². The molecule has 2 nitrogen and oxygen atoms in total. The number of carbonyl (C=O) groups excluding carboxylic acids is 1. The van der Waals surface area contributed by atoms with Crippen molar-refractivity contribution in [3.63, 3.8) is 0 Å². The molecule has 1 aliphatic heterocycles. The number of piperidine rings is 1. The minimum Gasteiger partial charge on any atom is -0.316 e. The largest absolute Gasteiger partial charge is 0.316 e. The fraction of sp³-hybridized carbons (Fsp3) is 0.533. The minimum atomic E-state index is -0.173. The number of ketones is 1. The van der Waals surface area contributed by atoms with E-state index in [4.69, 9.17) is 0 Å². The summed E-state index contributed by atoms with van der Waals surface area (Å²) in [6.07, 6.45) is 3.04. The predicted molar refractivity (Wildman–Crippen MR) is 70.3 cm³/mol. The average Bonchev–Trinajstić information content (AvgIpc) is 2.39. The van der Waals surface area contributed by atoms with E-state index in [-0.39, 0.29) is 5.41 Å². The smallest absolute Gasteiger partial charge is 0.170 e. The molecule has 1 unspecified atom stereocenters. The maximum Gasteiger partial charge on any atom is 0.170 e. The second-order valence-corrected chi connectivity index (χ2v) is 5.11. The second-order valence-electron chi connectivity index (χ2n) is 5.11. The molecule has 1 atom stereocenters. The van der Waals surface area contributed by atoms with Crippen LogP contribution in [-0.4, -0.2) is 18.9 Å². The van der Waals surface area contributed by atoms with Gasteiger partial charge in [-0.3, -0.25) is 4.79 Å². The van der Waals surface area contributed by atoms with Gasteiger partial charge in [0.25, 0.3) is 0 Å². The fourth-order valence-corrected chi connectivity index (χ4v) is 2.64. The van der Waals surface area contributed by atoms with Crippen LogP contribution < -0.4 is 5.32 Å². The van der Waals surface area contributed by atoms with Crippen LogP contribution in [0.4, 0.5) is 0 Å². The summed E-state index contributed by atoms with van der Waals surface area (Å²) in [5, 5.41) is 3.37. The Morgan fingerprint density at radius 3 is 2.59 bits per heavy atom. The molecule has 2 heteroatoms. The van der Waals surface area contributed by atoms with Crippen LogP contribution in [0.2, 0.25) is 0 Å². The predicted octanol–water partition coefficient (Wildman–Crippen LogP) is 2.96. The Hall–Kier alpha value is -1.15. The van der Waals surface area contributed by atoms with Gasteiger partial charge in [-0.05, 0) is 32.7 Å². The summed E-state index contributed by atoms with van der Waals surface area (Å²) >= 11 is 0. The minimum absolute atomic E-state index is 0.173. The molecule has 1 fully saturated rings. The monoisotopic (exact) mass is 231 g/mol. The summed E-state index contributed by atoms with van der Waals surface area (Å²) in [4.78, 5) is 12.6. The summed E-state index contributed by atoms with van der Waals surface area (Å²) in [5.41, 5.74) is 1.89. The Kier molecular flexibility index (Phi) is 3.63. The van der Waals surface area contributed by atoms with E-state index in [1.54, 1.807) is 0 Å². The number of hydrogen-bond acceptors (Lipinski definition) is 2. The molecule has 0 amide bonds. The van der Waals surface area contributed by atoms with Crippen molar-refractivity contribution in [2.45, 2.75) is 33.1 Å². The highest BCUT2D eigenvalue weighted by Gasteiger charge is 2.37. The van der Waals surface area contributed by atoms with Crippen molar-refractivity contribution >= 4 is 5.78 Å². The first-order valence-corrected chi connectivity index (χ1v) is 6.50. The van der Waals surface area contributed by atoms with E-state index in [1.807, 2.05) is 31.2 Å². The van der Waals surface area contributed by atoms with Crippen LogP contribution in [0.5, 0.6) is 0 Å². The van der Waals surface area contributed by atoms with Crippen LogP contribution in [0.25, 0.3) is 0 Å². The van der Waals surface area contributed by atoms with Crippen molar-refractivity contribution in [2.24, 2.45) is 5.41 Å². The summed E-state index contributed by atoms with van der Waals surface area (Å²) in [6, 6.07) is 7.97. The molecule has 0 aliphatic carbocycles. The number of aryl methyl sites for hydroxylation is 1. The summed E-state index contributed by atoms with van der Waals surface area (Å²) in [5.74, 6) is 0.312. The van der Waals surface area contributed by atoms with Crippen molar-refractivity contribution in [3.05, 3.63) is 35.4 Å². The molecular weight excluding hydrogens is 210 g/mol. The lowest BCUT2D eigenvalue weighted by Gasteiger charge is -2.35. The van der Waals surface area contributed by atoms with Crippen molar-refractivity contribution < 1.29 is 4.79 Å². The Morgan fingerprint density at radius 1 is 1.35 bits per heavy atom. The normalized spacial score (nSPS) is 24.6. The molecule has 0 bridgehead atoms. The third-order valence-electron chi connectivity index (χ3n) is 3.94. The van der Waals surface area contributed by atoms with Crippen LogP contribution in [0.15, 0.2) is 24.3 Å². The molecule has 92 valence electrons. The maximum atomic E-state index is 12.6. The SMILES string of the molecule is CCC1(C(=O)c2ccc(C)cc2)CCCNC1. The third kappa shape index (κ3) is 2.42. The van der Waals surface area contributed by atoms with Gasteiger partial charge in [-0.1, -0.05) is 36.8 Å². The fourth-order valence-electron chi connectivity index (χ4n) is 2.64. The third-order valence-corrected chi connectivity index (χ3v) is 3.94. The first-order valence-electron chi connectivity index (χ1n) is 6.50. The zero-order valence-corrected chi connectivity index (χ0v) is 10.8. The van der Waals surface area contributed by atoms with E-state index in [1.165, 1.54) is 5.56 Å². The summed E-state index contributed by atoms with van der Waals surface area (Å²) in [7, 11) is 0. The van der Waals surface area contributed by atoms with E-state index in [0.717, 1.165) is 37.9 Å². The maximum absolute atomic E-state index is 12.6. The van der Waals surface area contributed by atoms with Crippen LogP contribution in [0.3, 0.4) is 0 Å². The van der Waals surface area contributed by atoms with E-state index in [9.17, 15) is 4.79 Å². The molecule has 1 aromatic rings. The summed E-state index contributed by atoms with van der Waals surface area (Å²) < 4.78 is 0. The van der Waals surface area contributed by atoms with Crippen LogP contribution in [-0.2, 0) is 0 Å². The Bertz CT molecular complexity index is 388. The van der Waals surface area contributed by atoms with Crippen LogP contribution in [0.1, 0.15) is 42.1 Å². The molecule has 0 saturated carbocycles. The number of benzene rings is 1. The summed E-state index contributed by atoms with van der Waals surface area (Å²) in [6.45, 7) is 6.05. The number of rotatable bonds is 3. The Morgan fingerprint density at radius 2 is 2.06 bits per heavy atom. The standard InChI is InChI=1S/C15H21NO/c1-3-15(9-4-10-16-11-15)14(17)13-7-5-12(2)6-8-13/h5-8,16H,3-4,9-11H2,1-2H3. The van der Waals surface area contributed by atoms with Gasteiger partial charge in [0.1, 0.15) is 0 Å². The van der Waals surface area contributed by atoms with Gasteiger partial charge in [0, 0.05) is 17.5 Å². The number of carbonyl (C=O) groups is 1. The Balaban J connectivity index is 2.25. The molecule has 1 aromatic carbocycles. The molecule has 1 saturated heterocycles. The molecular formula is C15H21NO. The zero-order chi connectivity index (χ0) is 12.3. The van der Waals surface area contributed by atoms with Gasteiger partial charge in [-0.15, -0.1) is 0 Å². The van der Waals surface area contributed by atoms with Crippen molar-refractivity contribution in [3.8, 4) is 0 Å². The molecule has 0 radical (unpaired) electrons. The molecule has 1 N–H and O–H groups in total. The van der Waals surface area contributed by atoms with Crippen molar-refractivity contribution in [1.29, 1.82) is 0 Å². The molecule has 1 aliphatic rings. The van der Waals surface area contributed by atoms with Gasteiger partial charge >= 0.3 is 0 Å². The number of nitrogens with one attached hydrogen (secondary N) is 1. The second kappa shape index (κ2) is 5.01. The lowest BCUT2D eigenvalue weighted by Crippen LogP contribution is -2.45. The van der Waals surface area contributed by atoms with Crippen LogP contribution in [0, 0.1) is 12.3 Å². The van der Waals surface area contributed by atoms with Crippen LogP contribution >= 0.6 is 0 Å². The van der Waals surface area contributed by atoms with Gasteiger partial charge < -0.3 is 5.32 Å². The molecule has 17 heavy (non-hydrogen) atoms. The lowest BCUT2D eigenvalue weighted by molar-refractivity contribution is 0.0730. The first kappa shape index (κ1) is 12.3. The van der Waals surface area contributed by atoms with Crippen molar-refractivity contribution in [2.75, 3.05) is 13.1 Å². The number of Topliss-reactive ketones (excluding diaryl/α,β-unsaturated/α-hetero) is 1. The topological polar surface area (TPSA) is 29.1 Å². The van der Waals surface area contributed by atoms with E-state index in [0.29, 0.717) is 5.78 Å². The first-order chi connectivity index (χ1) is 8.18. The van der Waals surface area contributed by atoms with Gasteiger partial charge in [-0.2, -0.15) is 0 Å². The lowest BCUT2D eigenvalue weighted by atomic mass is 9.73. The van der Waals surface area contributed by atoms with E-state index >= 15 is 0 Å². The highest BCUT2D eigenvalue weighted by atomic mass is 16.1. The van der Waals surface area contributed by atoms with Gasteiger partial charge in [0.2, 0.25) is 0 Å². The van der Waals surface area contributed by atoms with E-state index < -0.39 is 0 Å². The van der Waals surface area contributed by atoms with Crippen molar-refractivity contribution in [1.82, 2.24) is 5.32 Å². The van der Waals surface area contributed by atoms with Gasteiger partial charge in [0.05, 0.1) is 0 Å². The Labute approximate surface area is 103 Å². The molecule has 0 aromatic heterocycles. The number of hydrogen-bond donors (Lipinski definition) is 1.